The molecular formula is C21H27NO4. The Bertz CT molecular complexity index is 702. The molecular weight excluding hydrogens is 330 g/mol. The normalized spacial score (nSPS) is 12.9. The number of hydrogen-bond donors (Lipinski definition) is 1. The highest BCUT2D eigenvalue weighted by Crippen LogP contribution is 2.29. The SMILES string of the molecule is CCOC(=O)[C@@H](C)Oc1ccc(CN[C@@H](C)c2ccccc2)cc1OC. The van der Waals surface area contributed by atoms with Gasteiger partial charge in [-0.3, -0.25) is 0 Å². The summed E-state index contributed by atoms with van der Waals surface area (Å²) in [6, 6.07) is 16.2. The van der Waals surface area contributed by atoms with E-state index in [-0.39, 0.29) is 6.04 Å². The van der Waals surface area contributed by atoms with Crippen molar-refractivity contribution in [3.63, 3.8) is 0 Å². The second kappa shape index (κ2) is 9.82. The van der Waals surface area contributed by atoms with Crippen LogP contribution in [0.5, 0.6) is 11.5 Å². The van der Waals surface area contributed by atoms with Crippen molar-refractivity contribution in [1.82, 2.24) is 5.32 Å². The molecule has 2 aromatic rings. The minimum absolute atomic E-state index is 0.238. The molecule has 0 amide bonds. The Morgan fingerprint density at radius 3 is 2.46 bits per heavy atom. The molecule has 0 unspecified atom stereocenters. The van der Waals surface area contributed by atoms with Gasteiger partial charge in [0, 0.05) is 12.6 Å². The van der Waals surface area contributed by atoms with E-state index in [1.54, 1.807) is 21.0 Å². The summed E-state index contributed by atoms with van der Waals surface area (Å²) >= 11 is 0. The van der Waals surface area contributed by atoms with Gasteiger partial charge < -0.3 is 19.5 Å². The van der Waals surface area contributed by atoms with Gasteiger partial charge in [-0.2, -0.15) is 0 Å². The Morgan fingerprint density at radius 1 is 1.08 bits per heavy atom. The van der Waals surface area contributed by atoms with Gasteiger partial charge in [0.25, 0.3) is 0 Å². The molecule has 0 aliphatic heterocycles. The maximum absolute atomic E-state index is 11.7. The van der Waals surface area contributed by atoms with Gasteiger partial charge in [0.1, 0.15) is 0 Å². The molecule has 0 bridgehead atoms. The standard InChI is InChI=1S/C21H27NO4/c1-5-25-21(23)16(3)26-19-12-11-17(13-20(19)24-4)14-22-15(2)18-9-7-6-8-10-18/h6-13,15-16,22H,5,14H2,1-4H3/t15-,16+/m0/s1. The molecule has 0 fully saturated rings. The average molecular weight is 357 g/mol. The number of carbonyl (C=O) groups is 1. The zero-order valence-corrected chi connectivity index (χ0v) is 15.8. The summed E-state index contributed by atoms with van der Waals surface area (Å²) in [6.07, 6.45) is -0.689. The summed E-state index contributed by atoms with van der Waals surface area (Å²) in [6.45, 7) is 6.58. The number of carbonyl (C=O) groups excluding carboxylic acids is 1. The Kier molecular flexibility index (Phi) is 7.48. The van der Waals surface area contributed by atoms with Gasteiger partial charge in [0.05, 0.1) is 13.7 Å². The first-order valence-corrected chi connectivity index (χ1v) is 8.83. The van der Waals surface area contributed by atoms with Crippen molar-refractivity contribution in [2.75, 3.05) is 13.7 Å². The molecule has 1 N–H and O–H groups in total. The molecule has 0 heterocycles. The first-order valence-electron chi connectivity index (χ1n) is 8.83. The average Bonchev–Trinajstić information content (AvgIpc) is 2.67. The molecule has 0 aromatic heterocycles. The molecule has 140 valence electrons. The summed E-state index contributed by atoms with van der Waals surface area (Å²) in [5.41, 5.74) is 2.31. The second-order valence-electron chi connectivity index (χ2n) is 6.01. The van der Waals surface area contributed by atoms with Gasteiger partial charge in [0.2, 0.25) is 0 Å². The maximum Gasteiger partial charge on any atom is 0.347 e. The van der Waals surface area contributed by atoms with Crippen LogP contribution in [0.15, 0.2) is 48.5 Å². The van der Waals surface area contributed by atoms with Crippen LogP contribution >= 0.6 is 0 Å². The molecule has 5 heteroatoms. The Labute approximate surface area is 155 Å². The first-order chi connectivity index (χ1) is 12.5. The number of nitrogens with one attached hydrogen (secondary N) is 1. The minimum atomic E-state index is -0.689. The van der Waals surface area contributed by atoms with Crippen molar-refractivity contribution in [1.29, 1.82) is 0 Å². The van der Waals surface area contributed by atoms with E-state index in [4.69, 9.17) is 14.2 Å². The highest BCUT2D eigenvalue weighted by molar-refractivity contribution is 5.74. The van der Waals surface area contributed by atoms with Crippen LogP contribution in [0.25, 0.3) is 0 Å². The molecule has 0 aliphatic rings. The number of ether oxygens (including phenoxy) is 3. The molecule has 5 nitrogen and oxygen atoms in total. The fourth-order valence-corrected chi connectivity index (χ4v) is 2.55. The molecule has 2 rings (SSSR count). The van der Waals surface area contributed by atoms with Crippen molar-refractivity contribution in [3.05, 3.63) is 59.7 Å². The van der Waals surface area contributed by atoms with E-state index in [0.29, 0.717) is 24.7 Å². The maximum atomic E-state index is 11.7. The molecule has 0 radical (unpaired) electrons. The van der Waals surface area contributed by atoms with E-state index in [1.165, 1.54) is 5.56 Å². The second-order valence-corrected chi connectivity index (χ2v) is 6.01. The predicted octanol–water partition coefficient (Wildman–Crippen LogP) is 3.88. The van der Waals surface area contributed by atoms with Gasteiger partial charge in [-0.15, -0.1) is 0 Å². The highest BCUT2D eigenvalue weighted by Gasteiger charge is 2.18. The van der Waals surface area contributed by atoms with Gasteiger partial charge in [-0.05, 0) is 44.0 Å². The molecule has 0 saturated heterocycles. The summed E-state index contributed by atoms with van der Waals surface area (Å²) in [5.74, 6) is 0.720. The lowest BCUT2D eigenvalue weighted by atomic mass is 10.1. The quantitative estimate of drug-likeness (QED) is 0.690. The third-order valence-corrected chi connectivity index (χ3v) is 4.06. The lowest BCUT2D eigenvalue weighted by molar-refractivity contribution is -0.150. The van der Waals surface area contributed by atoms with Crippen LogP contribution in [-0.2, 0) is 16.1 Å². The number of methoxy groups -OCH3 is 1. The van der Waals surface area contributed by atoms with E-state index in [0.717, 1.165) is 5.56 Å². The van der Waals surface area contributed by atoms with Crippen molar-refractivity contribution in [2.45, 2.75) is 39.5 Å². The van der Waals surface area contributed by atoms with Crippen LogP contribution in [0, 0.1) is 0 Å². The van der Waals surface area contributed by atoms with E-state index in [1.807, 2.05) is 36.4 Å². The molecule has 26 heavy (non-hydrogen) atoms. The van der Waals surface area contributed by atoms with Crippen LogP contribution in [0.3, 0.4) is 0 Å². The minimum Gasteiger partial charge on any atom is -0.493 e. The summed E-state index contributed by atoms with van der Waals surface area (Å²) in [5, 5.41) is 3.49. The van der Waals surface area contributed by atoms with Gasteiger partial charge in [0.15, 0.2) is 17.6 Å². The topological polar surface area (TPSA) is 56.8 Å². The number of rotatable bonds is 9. The van der Waals surface area contributed by atoms with Crippen LogP contribution in [0.2, 0.25) is 0 Å². The van der Waals surface area contributed by atoms with Crippen molar-refractivity contribution in [2.24, 2.45) is 0 Å². The number of benzene rings is 2. The van der Waals surface area contributed by atoms with Crippen molar-refractivity contribution in [3.8, 4) is 11.5 Å². The van der Waals surface area contributed by atoms with Gasteiger partial charge >= 0.3 is 5.97 Å². The van der Waals surface area contributed by atoms with Crippen LogP contribution in [0.1, 0.15) is 37.9 Å². The van der Waals surface area contributed by atoms with Crippen LogP contribution < -0.4 is 14.8 Å². The summed E-state index contributed by atoms with van der Waals surface area (Å²) in [7, 11) is 1.58. The largest absolute Gasteiger partial charge is 0.493 e. The molecule has 0 aliphatic carbocycles. The fourth-order valence-electron chi connectivity index (χ4n) is 2.55. The highest BCUT2D eigenvalue weighted by atomic mass is 16.6. The van der Waals surface area contributed by atoms with Crippen molar-refractivity contribution < 1.29 is 19.0 Å². The van der Waals surface area contributed by atoms with E-state index in [2.05, 4.69) is 24.4 Å². The zero-order valence-electron chi connectivity index (χ0n) is 15.8. The molecule has 0 spiro atoms. The third-order valence-electron chi connectivity index (χ3n) is 4.06. The Balaban J connectivity index is 2.00. The Morgan fingerprint density at radius 2 is 1.81 bits per heavy atom. The molecule has 2 atom stereocenters. The van der Waals surface area contributed by atoms with Crippen LogP contribution in [0.4, 0.5) is 0 Å². The summed E-state index contributed by atoms with van der Waals surface area (Å²) < 4.78 is 16.1. The lowest BCUT2D eigenvalue weighted by Gasteiger charge is -2.18. The molecule has 0 saturated carbocycles. The monoisotopic (exact) mass is 357 g/mol. The smallest absolute Gasteiger partial charge is 0.347 e. The van der Waals surface area contributed by atoms with E-state index >= 15 is 0 Å². The third kappa shape index (κ3) is 5.49. The van der Waals surface area contributed by atoms with E-state index < -0.39 is 12.1 Å². The predicted molar refractivity (Wildman–Crippen MR) is 101 cm³/mol. The van der Waals surface area contributed by atoms with Crippen molar-refractivity contribution >= 4 is 5.97 Å². The number of hydrogen-bond acceptors (Lipinski definition) is 5. The lowest BCUT2D eigenvalue weighted by Crippen LogP contribution is -2.26. The van der Waals surface area contributed by atoms with E-state index in [9.17, 15) is 4.79 Å². The summed E-state index contributed by atoms with van der Waals surface area (Å²) in [4.78, 5) is 11.7. The Hall–Kier alpha value is -2.53. The first kappa shape index (κ1) is 19.8. The zero-order chi connectivity index (χ0) is 18.9. The van der Waals surface area contributed by atoms with Gasteiger partial charge in [-0.25, -0.2) is 4.79 Å². The van der Waals surface area contributed by atoms with Gasteiger partial charge in [-0.1, -0.05) is 36.4 Å². The fraction of sp³-hybridized carbons (Fsp3) is 0.381. The molecule has 2 aromatic carbocycles. The van der Waals surface area contributed by atoms with Crippen LogP contribution in [-0.4, -0.2) is 25.8 Å². The number of esters is 1.